The predicted molar refractivity (Wildman–Crippen MR) is 190 cm³/mol. The van der Waals surface area contributed by atoms with Crippen LogP contribution in [0.3, 0.4) is 0 Å². The first-order valence-electron chi connectivity index (χ1n) is 15.4. The molecule has 0 amide bonds. The zero-order chi connectivity index (χ0) is 28.0. The van der Waals surface area contributed by atoms with Gasteiger partial charge in [0.1, 0.15) is 0 Å². The van der Waals surface area contributed by atoms with Crippen molar-refractivity contribution in [3.63, 3.8) is 0 Å². The molecule has 13 rings (SSSR count). The van der Waals surface area contributed by atoms with Gasteiger partial charge in [-0.3, -0.25) is 0 Å². The second-order valence-corrected chi connectivity index (χ2v) is 13.8. The van der Waals surface area contributed by atoms with Crippen LogP contribution in [0.1, 0.15) is 0 Å². The lowest BCUT2D eigenvalue weighted by atomic mass is 9.45. The van der Waals surface area contributed by atoms with Crippen molar-refractivity contribution >= 4 is 120 Å². The molecular formula is C40H19BN2S. The molecule has 0 unspecified atom stereocenters. The van der Waals surface area contributed by atoms with Gasteiger partial charge in [0.15, 0.2) is 0 Å². The fourth-order valence-corrected chi connectivity index (χ4v) is 10.7. The molecule has 2 aliphatic heterocycles. The van der Waals surface area contributed by atoms with E-state index in [1.165, 1.54) is 113 Å². The Morgan fingerprint density at radius 3 is 2.14 bits per heavy atom. The van der Waals surface area contributed by atoms with Crippen molar-refractivity contribution in [2.24, 2.45) is 0 Å². The summed E-state index contributed by atoms with van der Waals surface area (Å²) in [5, 5.41) is 13.6. The molecule has 0 N–H and O–H groups in total. The van der Waals surface area contributed by atoms with Gasteiger partial charge in [-0.1, -0.05) is 97.1 Å². The van der Waals surface area contributed by atoms with E-state index in [1.807, 2.05) is 11.3 Å². The molecule has 7 aromatic carbocycles. The molecular weight excluding hydrogens is 551 g/mol. The minimum atomic E-state index is 0.0902. The third-order valence-corrected chi connectivity index (χ3v) is 12.1. The average molecular weight is 570 g/mol. The molecule has 6 heterocycles. The summed E-state index contributed by atoms with van der Waals surface area (Å²) in [6.45, 7) is 0.0902. The predicted octanol–water partition coefficient (Wildman–Crippen LogP) is 9.41. The van der Waals surface area contributed by atoms with Crippen molar-refractivity contribution in [3.05, 3.63) is 115 Å². The number of aromatic nitrogens is 2. The molecule has 0 bridgehead atoms. The summed E-state index contributed by atoms with van der Waals surface area (Å²) in [5.41, 5.74) is 12.5. The van der Waals surface area contributed by atoms with Crippen molar-refractivity contribution in [2.45, 2.75) is 0 Å². The van der Waals surface area contributed by atoms with Gasteiger partial charge in [-0.15, -0.1) is 11.3 Å². The fraction of sp³-hybridized carbons (Fsp3) is 0. The van der Waals surface area contributed by atoms with Crippen LogP contribution in [0.4, 0.5) is 0 Å². The number of thiophene rings is 1. The van der Waals surface area contributed by atoms with Gasteiger partial charge in [-0.05, 0) is 45.5 Å². The topological polar surface area (TPSA) is 9.34 Å². The van der Waals surface area contributed by atoms with Crippen LogP contribution in [0.5, 0.6) is 0 Å². The Hall–Kier alpha value is -5.32. The van der Waals surface area contributed by atoms with E-state index in [0.29, 0.717) is 0 Å². The summed E-state index contributed by atoms with van der Waals surface area (Å²) in [7, 11) is 0. The van der Waals surface area contributed by atoms with Crippen molar-refractivity contribution in [1.29, 1.82) is 0 Å². The van der Waals surface area contributed by atoms with E-state index in [4.69, 9.17) is 0 Å². The van der Waals surface area contributed by atoms with Gasteiger partial charge in [0.2, 0.25) is 0 Å². The molecule has 198 valence electrons. The molecule has 0 aliphatic carbocycles. The summed E-state index contributed by atoms with van der Waals surface area (Å²) in [5.74, 6) is 0. The first-order chi connectivity index (χ1) is 21.9. The summed E-state index contributed by atoms with van der Waals surface area (Å²) in [6, 6.07) is 43.8. The zero-order valence-electron chi connectivity index (χ0n) is 23.3. The molecule has 4 heteroatoms. The molecule has 44 heavy (non-hydrogen) atoms. The number of hydrogen-bond acceptors (Lipinski definition) is 1. The van der Waals surface area contributed by atoms with E-state index >= 15 is 0 Å². The maximum absolute atomic E-state index is 2.71. The normalized spacial score (nSPS) is 13.9. The van der Waals surface area contributed by atoms with Gasteiger partial charge >= 0.3 is 6.85 Å². The van der Waals surface area contributed by atoms with E-state index < -0.39 is 0 Å². The number of rotatable bonds is 0. The molecule has 4 aromatic heterocycles. The Morgan fingerprint density at radius 2 is 1.23 bits per heavy atom. The number of para-hydroxylation sites is 3. The number of benzene rings is 7. The van der Waals surface area contributed by atoms with Crippen molar-refractivity contribution in [3.8, 4) is 11.1 Å². The van der Waals surface area contributed by atoms with Gasteiger partial charge in [0.25, 0.3) is 0 Å². The van der Waals surface area contributed by atoms with E-state index in [9.17, 15) is 0 Å². The molecule has 0 saturated carbocycles. The lowest BCUT2D eigenvalue weighted by molar-refractivity contribution is 1.31. The fourth-order valence-electron chi connectivity index (χ4n) is 9.46. The van der Waals surface area contributed by atoms with Crippen molar-refractivity contribution in [2.75, 3.05) is 0 Å². The summed E-state index contributed by atoms with van der Waals surface area (Å²) < 4.78 is 8.15. The Balaban J connectivity index is 1.42. The van der Waals surface area contributed by atoms with E-state index in [0.717, 1.165) is 0 Å². The molecule has 0 radical (unpaired) electrons. The second-order valence-electron chi connectivity index (χ2n) is 12.8. The van der Waals surface area contributed by atoms with Crippen molar-refractivity contribution < 1.29 is 0 Å². The standard InChI is InChI=1S/C40H19BN2S/c1-2-9-21-19-30-28(18-20(21)8-1)24-12-6-14-26-32-33-25-10-3-4-17-31(25)44-40(33)34-27-15-5-11-22-23-13-7-16-29-38(23)42(36(22)27)39(34)35(32)41(29)43(30)37(24)26/h1-19H. The minimum absolute atomic E-state index is 0.0902. The lowest BCUT2D eigenvalue weighted by Crippen LogP contribution is -2.53. The number of fused-ring (bicyclic) bond motifs is 14. The van der Waals surface area contributed by atoms with Crippen LogP contribution in [-0.4, -0.2) is 15.7 Å². The third-order valence-electron chi connectivity index (χ3n) is 11.0. The van der Waals surface area contributed by atoms with E-state index in [1.54, 1.807) is 0 Å². The van der Waals surface area contributed by atoms with Crippen LogP contribution >= 0.6 is 11.3 Å². The van der Waals surface area contributed by atoms with Gasteiger partial charge in [0.05, 0.1) is 16.6 Å². The lowest BCUT2D eigenvalue weighted by Gasteiger charge is -2.32. The SMILES string of the molecule is c1ccc2cc3c(cc2c1)c1cccc2c1n3B1c3cccc4c5cccc6c7c8sc9ccccc9c8c-2c1c7n(c34)c56. The van der Waals surface area contributed by atoms with E-state index in [2.05, 4.69) is 124 Å². The Labute approximate surface area is 254 Å². The Kier molecular flexibility index (Phi) is 3.28. The van der Waals surface area contributed by atoms with Gasteiger partial charge in [0, 0.05) is 69.1 Å². The number of hydrogen-bond donors (Lipinski definition) is 0. The zero-order valence-corrected chi connectivity index (χ0v) is 24.2. The highest BCUT2D eigenvalue weighted by Crippen LogP contribution is 2.52. The second kappa shape index (κ2) is 6.75. The van der Waals surface area contributed by atoms with Crippen LogP contribution in [0, 0.1) is 0 Å². The molecule has 0 saturated heterocycles. The minimum Gasteiger partial charge on any atom is -0.375 e. The third kappa shape index (κ3) is 2.06. The summed E-state index contributed by atoms with van der Waals surface area (Å²) in [6.07, 6.45) is 0. The van der Waals surface area contributed by atoms with Crippen LogP contribution in [-0.2, 0) is 0 Å². The first-order valence-corrected chi connectivity index (χ1v) is 16.2. The largest absolute Gasteiger partial charge is 0.375 e. The molecule has 0 fully saturated rings. The number of nitrogens with zero attached hydrogens (tertiary/aromatic N) is 2. The smallest absolute Gasteiger partial charge is 0.333 e. The molecule has 11 aromatic rings. The summed E-state index contributed by atoms with van der Waals surface area (Å²) in [4.78, 5) is 0. The van der Waals surface area contributed by atoms with Gasteiger partial charge in [-0.2, -0.15) is 0 Å². The van der Waals surface area contributed by atoms with Gasteiger partial charge in [-0.25, -0.2) is 0 Å². The highest BCUT2D eigenvalue weighted by atomic mass is 32.1. The highest BCUT2D eigenvalue weighted by molar-refractivity contribution is 7.27. The molecule has 2 aliphatic rings. The van der Waals surface area contributed by atoms with Crippen LogP contribution in [0.25, 0.3) is 102 Å². The van der Waals surface area contributed by atoms with E-state index in [-0.39, 0.29) is 6.85 Å². The van der Waals surface area contributed by atoms with Gasteiger partial charge < -0.3 is 8.88 Å². The summed E-state index contributed by atoms with van der Waals surface area (Å²) >= 11 is 1.97. The van der Waals surface area contributed by atoms with Crippen LogP contribution in [0.2, 0.25) is 0 Å². The maximum Gasteiger partial charge on any atom is 0.333 e. The average Bonchev–Trinajstić information content (AvgIpc) is 3.81. The molecule has 0 atom stereocenters. The Bertz CT molecular complexity index is 3170. The van der Waals surface area contributed by atoms with Crippen LogP contribution in [0.15, 0.2) is 115 Å². The maximum atomic E-state index is 2.71. The van der Waals surface area contributed by atoms with Crippen molar-refractivity contribution in [1.82, 2.24) is 8.88 Å². The molecule has 2 nitrogen and oxygen atoms in total. The molecule has 0 spiro atoms. The Morgan fingerprint density at radius 1 is 0.523 bits per heavy atom. The monoisotopic (exact) mass is 570 g/mol. The highest BCUT2D eigenvalue weighted by Gasteiger charge is 2.43. The first kappa shape index (κ1) is 21.4. The quantitative estimate of drug-likeness (QED) is 0.161. The van der Waals surface area contributed by atoms with Crippen LogP contribution < -0.4 is 10.9 Å².